The van der Waals surface area contributed by atoms with Crippen LogP contribution in [0.3, 0.4) is 0 Å². The molecule has 0 aliphatic rings. The number of para-hydroxylation sites is 1. The first-order valence-corrected chi connectivity index (χ1v) is 8.39. The molecule has 2 heteroatoms. The van der Waals surface area contributed by atoms with Crippen molar-refractivity contribution in [3.8, 4) is 0 Å². The Kier molecular flexibility index (Phi) is 2.51. The van der Waals surface area contributed by atoms with Gasteiger partial charge in [-0.2, -0.15) is 0 Å². The Morgan fingerprint density at radius 3 is 2.56 bits per heavy atom. The standard InChI is InChI=1S/C14H12N.Hg/c1-2-15-13-9-5-3-7-11(13)12-8-4-6-10-14(12)15;/h3,5-10H,2H2,1H3;. The molecule has 0 saturated heterocycles. The van der Waals surface area contributed by atoms with Crippen LogP contribution < -0.4 is 3.07 Å². The molecule has 0 aliphatic carbocycles. The SMILES string of the molecule is CCn1c2ccccc2c2c[c]([Hg])ccc21. The van der Waals surface area contributed by atoms with E-state index in [1.165, 1.54) is 24.9 Å². The van der Waals surface area contributed by atoms with Gasteiger partial charge in [0.25, 0.3) is 0 Å². The van der Waals surface area contributed by atoms with Crippen LogP contribution in [0.4, 0.5) is 0 Å². The molecule has 0 atom stereocenters. The van der Waals surface area contributed by atoms with E-state index in [2.05, 4.69) is 54.0 Å². The van der Waals surface area contributed by atoms with E-state index in [-0.39, 0.29) is 0 Å². The summed E-state index contributed by atoms with van der Waals surface area (Å²) in [5, 5.41) is 2.82. The van der Waals surface area contributed by atoms with E-state index in [4.69, 9.17) is 0 Å². The van der Waals surface area contributed by atoms with Gasteiger partial charge >= 0.3 is 111 Å². The number of hydrogen-bond donors (Lipinski definition) is 0. The predicted octanol–water partition coefficient (Wildman–Crippen LogP) is 2.99. The zero-order valence-electron chi connectivity index (χ0n) is 9.40. The van der Waals surface area contributed by atoms with Gasteiger partial charge in [0.05, 0.1) is 0 Å². The van der Waals surface area contributed by atoms with E-state index >= 15 is 0 Å². The molecule has 2 aromatic carbocycles. The second-order valence-corrected chi connectivity index (χ2v) is 7.29. The predicted molar refractivity (Wildman–Crippen MR) is 64.8 cm³/mol. The van der Waals surface area contributed by atoms with Crippen LogP contribution in [0.1, 0.15) is 6.92 Å². The van der Waals surface area contributed by atoms with Crippen LogP contribution in [-0.2, 0) is 32.7 Å². The van der Waals surface area contributed by atoms with Crippen LogP contribution >= 0.6 is 0 Å². The minimum atomic E-state index is 0.709. The van der Waals surface area contributed by atoms with Crippen molar-refractivity contribution in [3.63, 3.8) is 0 Å². The van der Waals surface area contributed by atoms with E-state index in [0.717, 1.165) is 6.54 Å². The summed E-state index contributed by atoms with van der Waals surface area (Å²) in [6.07, 6.45) is 0. The average molecular weight is 395 g/mol. The first-order chi connectivity index (χ1) is 7.81. The van der Waals surface area contributed by atoms with Crippen LogP contribution in [0.2, 0.25) is 0 Å². The molecule has 0 radical (unpaired) electrons. The number of fused-ring (bicyclic) bond motifs is 3. The summed E-state index contributed by atoms with van der Waals surface area (Å²) in [4.78, 5) is 0. The third kappa shape index (κ3) is 1.41. The Labute approximate surface area is 111 Å². The number of rotatable bonds is 1. The first kappa shape index (κ1) is 10.3. The second kappa shape index (κ2) is 3.88. The van der Waals surface area contributed by atoms with Gasteiger partial charge in [-0.15, -0.1) is 0 Å². The Hall–Kier alpha value is -0.825. The molecule has 3 rings (SSSR count). The molecular weight excluding hydrogens is 383 g/mol. The monoisotopic (exact) mass is 396 g/mol. The van der Waals surface area contributed by atoms with Gasteiger partial charge in [-0.1, -0.05) is 0 Å². The molecule has 1 heterocycles. The molecule has 0 bridgehead atoms. The van der Waals surface area contributed by atoms with Crippen molar-refractivity contribution in [1.82, 2.24) is 4.57 Å². The number of hydrogen-bond acceptors (Lipinski definition) is 0. The molecule has 1 nitrogen and oxygen atoms in total. The van der Waals surface area contributed by atoms with Crippen LogP contribution in [0.5, 0.6) is 0 Å². The van der Waals surface area contributed by atoms with E-state index < -0.39 is 0 Å². The van der Waals surface area contributed by atoms with E-state index in [1.54, 1.807) is 0 Å². The van der Waals surface area contributed by atoms with Crippen molar-refractivity contribution in [2.45, 2.75) is 13.5 Å². The van der Waals surface area contributed by atoms with Gasteiger partial charge in [0.2, 0.25) is 0 Å². The third-order valence-corrected chi connectivity index (χ3v) is 4.86. The molecule has 16 heavy (non-hydrogen) atoms. The van der Waals surface area contributed by atoms with E-state index in [1.807, 2.05) is 0 Å². The second-order valence-electron chi connectivity index (χ2n) is 4.11. The zero-order chi connectivity index (χ0) is 11.1. The van der Waals surface area contributed by atoms with Crippen LogP contribution in [0.25, 0.3) is 21.8 Å². The normalized spacial score (nSPS) is 11.4. The van der Waals surface area contributed by atoms with Crippen molar-refractivity contribution < 1.29 is 26.1 Å². The topological polar surface area (TPSA) is 4.93 Å². The number of benzene rings is 2. The molecule has 0 fully saturated rings. The van der Waals surface area contributed by atoms with Crippen molar-refractivity contribution in [1.29, 1.82) is 0 Å². The van der Waals surface area contributed by atoms with Crippen molar-refractivity contribution in [3.05, 3.63) is 42.5 Å². The fourth-order valence-corrected chi connectivity index (χ4v) is 3.69. The fraction of sp³-hybridized carbons (Fsp3) is 0.143. The summed E-state index contributed by atoms with van der Waals surface area (Å²) in [5.74, 6) is 0. The Bertz CT molecular complexity index is 667. The molecule has 3 aromatic rings. The summed E-state index contributed by atoms with van der Waals surface area (Å²) >= 11 is 0.709. The van der Waals surface area contributed by atoms with Gasteiger partial charge in [0, 0.05) is 0 Å². The molecule has 0 amide bonds. The van der Waals surface area contributed by atoms with Gasteiger partial charge in [-0.05, 0) is 0 Å². The number of nitrogens with zero attached hydrogens (tertiary/aromatic N) is 1. The van der Waals surface area contributed by atoms with Gasteiger partial charge < -0.3 is 0 Å². The van der Waals surface area contributed by atoms with Gasteiger partial charge in [-0.25, -0.2) is 0 Å². The fourth-order valence-electron chi connectivity index (χ4n) is 2.44. The molecule has 0 unspecified atom stereocenters. The quantitative estimate of drug-likeness (QED) is 0.559. The molecule has 0 aliphatic heterocycles. The first-order valence-electron chi connectivity index (χ1n) is 5.64. The van der Waals surface area contributed by atoms with E-state index in [0.29, 0.717) is 26.1 Å². The average Bonchev–Trinajstić information content (AvgIpc) is 2.62. The van der Waals surface area contributed by atoms with Crippen molar-refractivity contribution >= 4 is 24.9 Å². The van der Waals surface area contributed by atoms with Crippen LogP contribution in [0.15, 0.2) is 42.5 Å². The number of aryl methyl sites for hydroxylation is 1. The Morgan fingerprint density at radius 1 is 1.00 bits per heavy atom. The number of aromatic nitrogens is 1. The minimum absolute atomic E-state index is 0.709. The summed E-state index contributed by atoms with van der Waals surface area (Å²) < 4.78 is 3.92. The molecular formula is C14H12HgN. The van der Waals surface area contributed by atoms with Crippen molar-refractivity contribution in [2.75, 3.05) is 0 Å². The Morgan fingerprint density at radius 2 is 1.75 bits per heavy atom. The van der Waals surface area contributed by atoms with Gasteiger partial charge in [-0.3, -0.25) is 0 Å². The van der Waals surface area contributed by atoms with Crippen molar-refractivity contribution in [2.24, 2.45) is 0 Å². The maximum atomic E-state index is 2.40. The van der Waals surface area contributed by atoms with Gasteiger partial charge in [0.1, 0.15) is 0 Å². The summed E-state index contributed by atoms with van der Waals surface area (Å²) in [6.45, 7) is 3.25. The molecule has 1 aromatic heterocycles. The van der Waals surface area contributed by atoms with Crippen LogP contribution in [0, 0.1) is 0 Å². The maximum absolute atomic E-state index is 2.40. The summed E-state index contributed by atoms with van der Waals surface area (Å²) in [7, 11) is 0. The zero-order valence-corrected chi connectivity index (χ0v) is 14.9. The summed E-state index contributed by atoms with van der Waals surface area (Å²) in [6, 6.07) is 15.6. The van der Waals surface area contributed by atoms with Crippen LogP contribution in [-0.4, -0.2) is 4.57 Å². The third-order valence-electron chi connectivity index (χ3n) is 3.15. The molecule has 0 N–H and O–H groups in total. The molecule has 75 valence electrons. The van der Waals surface area contributed by atoms with E-state index in [9.17, 15) is 0 Å². The Balaban J connectivity index is 2.59. The summed E-state index contributed by atoms with van der Waals surface area (Å²) in [5.41, 5.74) is 2.73. The van der Waals surface area contributed by atoms with Gasteiger partial charge in [0.15, 0.2) is 0 Å². The molecule has 0 spiro atoms. The molecule has 0 saturated carbocycles.